The van der Waals surface area contributed by atoms with Gasteiger partial charge in [0, 0.05) is 25.2 Å². The van der Waals surface area contributed by atoms with Gasteiger partial charge in [0.2, 0.25) is 0 Å². The average molecular weight is 278 g/mol. The van der Waals surface area contributed by atoms with Gasteiger partial charge in [-0.15, -0.1) is 13.2 Å². The highest BCUT2D eigenvalue weighted by molar-refractivity contribution is 5.35. The van der Waals surface area contributed by atoms with Gasteiger partial charge in [0.25, 0.3) is 0 Å². The molecule has 3 nitrogen and oxygen atoms in total. The highest BCUT2D eigenvalue weighted by Crippen LogP contribution is 2.31. The van der Waals surface area contributed by atoms with Gasteiger partial charge >= 0.3 is 6.36 Å². The fourth-order valence-corrected chi connectivity index (χ4v) is 1.57. The van der Waals surface area contributed by atoms with Crippen LogP contribution in [0.25, 0.3) is 0 Å². The Kier molecular flexibility index (Phi) is 6.11. The zero-order chi connectivity index (χ0) is 14.3. The minimum atomic E-state index is -4.77. The summed E-state index contributed by atoms with van der Waals surface area (Å²) in [5, 5.41) is 9.87. The molecule has 0 aliphatic carbocycles. The standard InChI is InChI=1S/C13H17F3O3/c1-2-8-18-9-7-11(17)10-5-3-4-6-12(10)19-13(14,15)16/h3-6,11,17H,2,7-9H2,1H3. The molecule has 6 heteroatoms. The molecule has 0 bridgehead atoms. The molecule has 1 aromatic rings. The number of hydrogen-bond acceptors (Lipinski definition) is 3. The van der Waals surface area contributed by atoms with Crippen LogP contribution in [-0.4, -0.2) is 24.7 Å². The average Bonchev–Trinajstić information content (AvgIpc) is 2.33. The van der Waals surface area contributed by atoms with Crippen LogP contribution in [0.1, 0.15) is 31.4 Å². The molecule has 0 saturated heterocycles. The number of aliphatic hydroxyl groups is 1. The number of benzene rings is 1. The summed E-state index contributed by atoms with van der Waals surface area (Å²) in [6.45, 7) is 2.80. The summed E-state index contributed by atoms with van der Waals surface area (Å²) in [6.07, 6.45) is -4.74. The smallest absolute Gasteiger partial charge is 0.405 e. The van der Waals surface area contributed by atoms with Gasteiger partial charge in [-0.2, -0.15) is 0 Å². The van der Waals surface area contributed by atoms with Gasteiger partial charge in [0.15, 0.2) is 0 Å². The van der Waals surface area contributed by atoms with Crippen molar-refractivity contribution in [3.05, 3.63) is 29.8 Å². The Balaban J connectivity index is 2.65. The second-order valence-electron chi connectivity index (χ2n) is 4.00. The molecular formula is C13H17F3O3. The van der Waals surface area contributed by atoms with Crippen LogP contribution in [0.3, 0.4) is 0 Å². The van der Waals surface area contributed by atoms with Gasteiger partial charge in [0.1, 0.15) is 5.75 Å². The first kappa shape index (κ1) is 15.8. The quantitative estimate of drug-likeness (QED) is 0.776. The lowest BCUT2D eigenvalue weighted by molar-refractivity contribution is -0.275. The number of ether oxygens (including phenoxy) is 2. The molecule has 0 amide bonds. The lowest BCUT2D eigenvalue weighted by atomic mass is 10.1. The van der Waals surface area contributed by atoms with Crippen molar-refractivity contribution in [2.45, 2.75) is 32.2 Å². The van der Waals surface area contributed by atoms with Crippen LogP contribution in [0, 0.1) is 0 Å². The Hall–Kier alpha value is -1.27. The molecule has 1 N–H and O–H groups in total. The van der Waals surface area contributed by atoms with E-state index in [0.717, 1.165) is 6.42 Å². The van der Waals surface area contributed by atoms with Gasteiger partial charge in [-0.3, -0.25) is 0 Å². The van der Waals surface area contributed by atoms with Gasteiger partial charge < -0.3 is 14.6 Å². The second kappa shape index (κ2) is 7.35. The molecule has 108 valence electrons. The summed E-state index contributed by atoms with van der Waals surface area (Å²) in [4.78, 5) is 0. The van der Waals surface area contributed by atoms with Gasteiger partial charge in [-0.05, 0) is 12.5 Å². The largest absolute Gasteiger partial charge is 0.573 e. The lowest BCUT2D eigenvalue weighted by Gasteiger charge is -2.17. The predicted octanol–water partition coefficient (Wildman–Crippen LogP) is 3.44. The van der Waals surface area contributed by atoms with Gasteiger partial charge in [0.05, 0.1) is 6.10 Å². The van der Waals surface area contributed by atoms with Crippen molar-refractivity contribution in [2.75, 3.05) is 13.2 Å². The molecule has 0 aromatic heterocycles. The lowest BCUT2D eigenvalue weighted by Crippen LogP contribution is -2.19. The number of rotatable bonds is 7. The van der Waals surface area contributed by atoms with Crippen molar-refractivity contribution in [3.8, 4) is 5.75 Å². The van der Waals surface area contributed by atoms with Crippen molar-refractivity contribution in [1.29, 1.82) is 0 Å². The highest BCUT2D eigenvalue weighted by atomic mass is 19.4. The molecule has 19 heavy (non-hydrogen) atoms. The van der Waals surface area contributed by atoms with Crippen molar-refractivity contribution in [1.82, 2.24) is 0 Å². The second-order valence-corrected chi connectivity index (χ2v) is 4.00. The van der Waals surface area contributed by atoms with E-state index in [1.165, 1.54) is 18.2 Å². The molecule has 0 saturated carbocycles. The van der Waals surface area contributed by atoms with Crippen LogP contribution in [0.15, 0.2) is 24.3 Å². The Morgan fingerprint density at radius 3 is 2.53 bits per heavy atom. The van der Waals surface area contributed by atoms with Gasteiger partial charge in [-0.1, -0.05) is 25.1 Å². The van der Waals surface area contributed by atoms with Gasteiger partial charge in [-0.25, -0.2) is 0 Å². The summed E-state index contributed by atoms with van der Waals surface area (Å²) >= 11 is 0. The molecule has 0 radical (unpaired) electrons. The molecule has 0 fully saturated rings. The first-order valence-corrected chi connectivity index (χ1v) is 6.04. The van der Waals surface area contributed by atoms with Crippen LogP contribution in [0.5, 0.6) is 5.75 Å². The van der Waals surface area contributed by atoms with Crippen LogP contribution < -0.4 is 4.74 Å². The summed E-state index contributed by atoms with van der Waals surface area (Å²) in [6, 6.07) is 5.56. The van der Waals surface area contributed by atoms with E-state index in [1.807, 2.05) is 6.92 Å². The first-order chi connectivity index (χ1) is 8.94. The van der Waals surface area contributed by atoms with Crippen LogP contribution >= 0.6 is 0 Å². The Bertz CT molecular complexity index is 380. The molecule has 1 rings (SSSR count). The van der Waals surface area contributed by atoms with Crippen molar-refractivity contribution < 1.29 is 27.8 Å². The zero-order valence-corrected chi connectivity index (χ0v) is 10.6. The molecule has 0 spiro atoms. The number of hydrogen-bond donors (Lipinski definition) is 1. The zero-order valence-electron chi connectivity index (χ0n) is 10.6. The van der Waals surface area contributed by atoms with E-state index in [9.17, 15) is 18.3 Å². The van der Waals surface area contributed by atoms with Crippen LogP contribution in [-0.2, 0) is 4.74 Å². The molecular weight excluding hydrogens is 261 g/mol. The summed E-state index contributed by atoms with van der Waals surface area (Å²) in [5.41, 5.74) is 0.111. The van der Waals surface area contributed by atoms with E-state index in [1.54, 1.807) is 6.07 Å². The Labute approximate surface area is 110 Å². The van der Waals surface area contributed by atoms with E-state index in [4.69, 9.17) is 4.74 Å². The molecule has 0 aliphatic heterocycles. The maximum Gasteiger partial charge on any atom is 0.573 e. The Morgan fingerprint density at radius 1 is 1.21 bits per heavy atom. The van der Waals surface area contributed by atoms with E-state index in [2.05, 4.69) is 4.74 Å². The fourth-order valence-electron chi connectivity index (χ4n) is 1.57. The number of alkyl halides is 3. The summed E-state index contributed by atoms with van der Waals surface area (Å²) < 4.78 is 45.7. The van der Waals surface area contributed by atoms with Crippen molar-refractivity contribution >= 4 is 0 Å². The van der Waals surface area contributed by atoms with Crippen molar-refractivity contribution in [2.24, 2.45) is 0 Å². The van der Waals surface area contributed by atoms with Crippen LogP contribution in [0.4, 0.5) is 13.2 Å². The fraction of sp³-hybridized carbons (Fsp3) is 0.538. The monoisotopic (exact) mass is 278 g/mol. The third-order valence-corrected chi connectivity index (χ3v) is 2.39. The maximum absolute atomic E-state index is 12.2. The summed E-state index contributed by atoms with van der Waals surface area (Å²) in [7, 11) is 0. The van der Waals surface area contributed by atoms with E-state index in [-0.39, 0.29) is 24.3 Å². The molecule has 1 atom stereocenters. The van der Waals surface area contributed by atoms with E-state index in [0.29, 0.717) is 6.61 Å². The maximum atomic E-state index is 12.2. The Morgan fingerprint density at radius 2 is 1.89 bits per heavy atom. The third-order valence-electron chi connectivity index (χ3n) is 2.39. The van der Waals surface area contributed by atoms with Crippen LogP contribution in [0.2, 0.25) is 0 Å². The minimum Gasteiger partial charge on any atom is -0.405 e. The molecule has 0 aliphatic rings. The minimum absolute atomic E-state index is 0.111. The summed E-state index contributed by atoms with van der Waals surface area (Å²) in [5.74, 6) is -0.377. The topological polar surface area (TPSA) is 38.7 Å². The molecule has 0 heterocycles. The number of aliphatic hydroxyl groups excluding tert-OH is 1. The first-order valence-electron chi connectivity index (χ1n) is 6.04. The molecule has 1 aromatic carbocycles. The third kappa shape index (κ3) is 5.94. The molecule has 1 unspecified atom stereocenters. The number of para-hydroxylation sites is 1. The SMILES string of the molecule is CCCOCCC(O)c1ccccc1OC(F)(F)F. The predicted molar refractivity (Wildman–Crippen MR) is 63.8 cm³/mol. The normalized spacial score (nSPS) is 13.3. The van der Waals surface area contributed by atoms with Crippen molar-refractivity contribution in [3.63, 3.8) is 0 Å². The highest BCUT2D eigenvalue weighted by Gasteiger charge is 2.32. The van der Waals surface area contributed by atoms with E-state index < -0.39 is 12.5 Å². The number of halogens is 3. The van der Waals surface area contributed by atoms with E-state index >= 15 is 0 Å².